The van der Waals surface area contributed by atoms with E-state index in [0.29, 0.717) is 13.1 Å². The summed E-state index contributed by atoms with van der Waals surface area (Å²) in [5.74, 6) is -0.954. The predicted molar refractivity (Wildman–Crippen MR) is 70.4 cm³/mol. The summed E-state index contributed by atoms with van der Waals surface area (Å²) in [7, 11) is 1.26. The van der Waals surface area contributed by atoms with Gasteiger partial charge in [0.15, 0.2) is 0 Å². The molecule has 0 saturated heterocycles. The Morgan fingerprint density at radius 1 is 1.26 bits per heavy atom. The first kappa shape index (κ1) is 17.4. The summed E-state index contributed by atoms with van der Waals surface area (Å²) in [4.78, 5) is 35.9. The Balaban J connectivity index is 4.54. The quantitative estimate of drug-likeness (QED) is 0.561. The molecule has 7 nitrogen and oxygen atoms in total. The van der Waals surface area contributed by atoms with Crippen molar-refractivity contribution in [1.29, 1.82) is 0 Å². The number of nitrogens with one attached hydrogen (secondary N) is 2. The number of rotatable bonds is 8. The third-order valence-corrected chi connectivity index (χ3v) is 2.49. The molecule has 110 valence electrons. The topological polar surface area (TPSA) is 87.7 Å². The Kier molecular flexibility index (Phi) is 8.52. The van der Waals surface area contributed by atoms with Crippen LogP contribution in [0, 0.1) is 0 Å². The summed E-state index contributed by atoms with van der Waals surface area (Å²) in [6, 6.07) is -0.767. The van der Waals surface area contributed by atoms with E-state index in [1.54, 1.807) is 4.90 Å². The Hall–Kier alpha value is -1.63. The SMILES string of the molecule is CCNC(=O)CN(CC)CC(NC(C)=O)C(=O)OC. The molecule has 0 bridgehead atoms. The number of esters is 1. The van der Waals surface area contributed by atoms with Gasteiger partial charge in [-0.3, -0.25) is 14.5 Å². The lowest BCUT2D eigenvalue weighted by atomic mass is 10.2. The molecule has 1 atom stereocenters. The second kappa shape index (κ2) is 9.32. The number of hydrogen-bond acceptors (Lipinski definition) is 5. The standard InChI is InChI=1S/C12H23N3O4/c1-5-13-11(17)8-15(6-2)7-10(12(18)19-4)14-9(3)16/h10H,5-8H2,1-4H3,(H,13,17)(H,14,16). The largest absolute Gasteiger partial charge is 0.467 e. The molecule has 0 aliphatic carbocycles. The minimum absolute atomic E-state index is 0.115. The Morgan fingerprint density at radius 3 is 2.32 bits per heavy atom. The maximum absolute atomic E-state index is 11.5. The van der Waals surface area contributed by atoms with Crippen LogP contribution >= 0.6 is 0 Å². The van der Waals surface area contributed by atoms with Crippen LogP contribution in [0.2, 0.25) is 0 Å². The third kappa shape index (κ3) is 7.40. The van der Waals surface area contributed by atoms with Gasteiger partial charge in [0.25, 0.3) is 0 Å². The summed E-state index contributed by atoms with van der Waals surface area (Å²) in [6.45, 7) is 6.60. The van der Waals surface area contributed by atoms with Gasteiger partial charge in [-0.2, -0.15) is 0 Å². The highest BCUT2D eigenvalue weighted by Crippen LogP contribution is 1.96. The number of likely N-dealkylation sites (N-methyl/N-ethyl adjacent to an activating group) is 2. The van der Waals surface area contributed by atoms with Crippen LogP contribution in [-0.2, 0) is 19.1 Å². The summed E-state index contributed by atoms with van der Waals surface area (Å²) < 4.78 is 4.63. The number of carbonyl (C=O) groups excluding carboxylic acids is 3. The van der Waals surface area contributed by atoms with Gasteiger partial charge in [-0.25, -0.2) is 4.79 Å². The van der Waals surface area contributed by atoms with Crippen LogP contribution in [-0.4, -0.2) is 62.0 Å². The maximum atomic E-state index is 11.5. The first-order valence-corrected chi connectivity index (χ1v) is 6.28. The molecule has 0 aromatic rings. The van der Waals surface area contributed by atoms with Crippen molar-refractivity contribution in [2.24, 2.45) is 0 Å². The van der Waals surface area contributed by atoms with Crippen LogP contribution < -0.4 is 10.6 Å². The van der Waals surface area contributed by atoms with Crippen molar-refractivity contribution < 1.29 is 19.1 Å². The van der Waals surface area contributed by atoms with Crippen LogP contribution in [0.25, 0.3) is 0 Å². The Morgan fingerprint density at radius 2 is 1.89 bits per heavy atom. The highest BCUT2D eigenvalue weighted by atomic mass is 16.5. The molecule has 0 radical (unpaired) electrons. The molecule has 2 amide bonds. The van der Waals surface area contributed by atoms with E-state index in [9.17, 15) is 14.4 Å². The second-order valence-corrected chi connectivity index (χ2v) is 4.06. The van der Waals surface area contributed by atoms with Gasteiger partial charge in [0, 0.05) is 20.0 Å². The van der Waals surface area contributed by atoms with Gasteiger partial charge in [-0.15, -0.1) is 0 Å². The molecule has 0 saturated carbocycles. The lowest BCUT2D eigenvalue weighted by Crippen LogP contribution is -2.50. The van der Waals surface area contributed by atoms with Gasteiger partial charge in [0.1, 0.15) is 6.04 Å². The van der Waals surface area contributed by atoms with Crippen LogP contribution in [0.1, 0.15) is 20.8 Å². The second-order valence-electron chi connectivity index (χ2n) is 4.06. The third-order valence-electron chi connectivity index (χ3n) is 2.49. The van der Waals surface area contributed by atoms with Gasteiger partial charge in [-0.05, 0) is 13.5 Å². The smallest absolute Gasteiger partial charge is 0.329 e. The van der Waals surface area contributed by atoms with Crippen molar-refractivity contribution in [3.05, 3.63) is 0 Å². The molecule has 0 fully saturated rings. The summed E-state index contributed by atoms with van der Waals surface area (Å²) in [5, 5.41) is 5.20. The van der Waals surface area contributed by atoms with Crippen LogP contribution in [0.15, 0.2) is 0 Å². The molecule has 0 rings (SSSR count). The number of amides is 2. The monoisotopic (exact) mass is 273 g/mol. The fourth-order valence-corrected chi connectivity index (χ4v) is 1.59. The molecule has 0 aliphatic rings. The van der Waals surface area contributed by atoms with Crippen molar-refractivity contribution in [2.45, 2.75) is 26.8 Å². The number of methoxy groups -OCH3 is 1. The van der Waals surface area contributed by atoms with E-state index in [1.165, 1.54) is 14.0 Å². The fraction of sp³-hybridized carbons (Fsp3) is 0.750. The van der Waals surface area contributed by atoms with E-state index < -0.39 is 12.0 Å². The Bertz CT molecular complexity index is 320. The van der Waals surface area contributed by atoms with Crippen molar-refractivity contribution in [1.82, 2.24) is 15.5 Å². The molecule has 7 heteroatoms. The zero-order chi connectivity index (χ0) is 14.8. The van der Waals surface area contributed by atoms with E-state index >= 15 is 0 Å². The van der Waals surface area contributed by atoms with E-state index in [2.05, 4.69) is 15.4 Å². The van der Waals surface area contributed by atoms with Gasteiger partial charge in [0.05, 0.1) is 13.7 Å². The average molecular weight is 273 g/mol. The van der Waals surface area contributed by atoms with Gasteiger partial charge < -0.3 is 15.4 Å². The molecule has 0 heterocycles. The Labute approximate surface area is 113 Å². The minimum Gasteiger partial charge on any atom is -0.467 e. The zero-order valence-electron chi connectivity index (χ0n) is 12.0. The van der Waals surface area contributed by atoms with Crippen molar-refractivity contribution in [3.8, 4) is 0 Å². The summed E-state index contributed by atoms with van der Waals surface area (Å²) in [6.07, 6.45) is 0. The zero-order valence-corrected chi connectivity index (χ0v) is 12.0. The van der Waals surface area contributed by atoms with Crippen LogP contribution in [0.3, 0.4) is 0 Å². The summed E-state index contributed by atoms with van der Waals surface area (Å²) in [5.41, 5.74) is 0. The van der Waals surface area contributed by atoms with Crippen LogP contribution in [0.4, 0.5) is 0 Å². The molecule has 1 unspecified atom stereocenters. The highest BCUT2D eigenvalue weighted by Gasteiger charge is 2.23. The minimum atomic E-state index is -0.767. The molecular formula is C12H23N3O4. The molecule has 19 heavy (non-hydrogen) atoms. The number of carbonyl (C=O) groups is 3. The summed E-state index contributed by atoms with van der Waals surface area (Å²) >= 11 is 0. The first-order valence-electron chi connectivity index (χ1n) is 6.28. The lowest BCUT2D eigenvalue weighted by molar-refractivity contribution is -0.145. The fourth-order valence-electron chi connectivity index (χ4n) is 1.59. The molecule has 0 spiro atoms. The van der Waals surface area contributed by atoms with E-state index in [1.807, 2.05) is 13.8 Å². The lowest BCUT2D eigenvalue weighted by Gasteiger charge is -2.24. The number of hydrogen-bond donors (Lipinski definition) is 2. The van der Waals surface area contributed by atoms with Crippen LogP contribution in [0.5, 0.6) is 0 Å². The number of ether oxygens (including phenoxy) is 1. The van der Waals surface area contributed by atoms with E-state index in [0.717, 1.165) is 0 Å². The number of nitrogens with zero attached hydrogens (tertiary/aromatic N) is 1. The van der Waals surface area contributed by atoms with Crippen molar-refractivity contribution in [2.75, 3.05) is 33.3 Å². The molecule has 0 aromatic carbocycles. The van der Waals surface area contributed by atoms with E-state index in [4.69, 9.17) is 0 Å². The van der Waals surface area contributed by atoms with Crippen molar-refractivity contribution in [3.63, 3.8) is 0 Å². The van der Waals surface area contributed by atoms with Gasteiger partial charge in [0.2, 0.25) is 11.8 Å². The molecule has 0 aliphatic heterocycles. The first-order chi connectivity index (χ1) is 8.94. The average Bonchev–Trinajstić information content (AvgIpc) is 2.35. The van der Waals surface area contributed by atoms with Gasteiger partial charge >= 0.3 is 5.97 Å². The molecule has 0 aromatic heterocycles. The highest BCUT2D eigenvalue weighted by molar-refractivity contribution is 5.83. The maximum Gasteiger partial charge on any atom is 0.329 e. The van der Waals surface area contributed by atoms with Crippen molar-refractivity contribution >= 4 is 17.8 Å². The molecular weight excluding hydrogens is 250 g/mol. The van der Waals surface area contributed by atoms with Gasteiger partial charge in [-0.1, -0.05) is 6.92 Å². The van der Waals surface area contributed by atoms with E-state index in [-0.39, 0.29) is 24.9 Å². The molecule has 2 N–H and O–H groups in total. The normalized spacial score (nSPS) is 11.8. The predicted octanol–water partition coefficient (Wildman–Crippen LogP) is -0.878.